The Bertz CT molecular complexity index is 930. The summed E-state index contributed by atoms with van der Waals surface area (Å²) in [4.78, 5) is 36.8. The number of pyridine rings is 1. The van der Waals surface area contributed by atoms with E-state index in [0.29, 0.717) is 29.5 Å². The van der Waals surface area contributed by atoms with Crippen LogP contribution in [0.15, 0.2) is 29.3 Å². The fraction of sp³-hybridized carbons (Fsp3) is 0.312. The van der Waals surface area contributed by atoms with Crippen molar-refractivity contribution in [1.29, 1.82) is 0 Å². The summed E-state index contributed by atoms with van der Waals surface area (Å²) in [6.45, 7) is 3.81. The summed E-state index contributed by atoms with van der Waals surface area (Å²) in [6.07, 6.45) is 3.72. The van der Waals surface area contributed by atoms with Crippen LogP contribution in [0.5, 0.6) is 0 Å². The van der Waals surface area contributed by atoms with Gasteiger partial charge in [-0.2, -0.15) is 9.50 Å². The van der Waals surface area contributed by atoms with Gasteiger partial charge in [-0.25, -0.2) is 4.98 Å². The van der Waals surface area contributed by atoms with Gasteiger partial charge in [-0.1, -0.05) is 0 Å². The normalized spacial score (nSPS) is 10.9. The van der Waals surface area contributed by atoms with E-state index in [0.717, 1.165) is 5.56 Å². The number of nitrogens with zero attached hydrogens (tertiary/aromatic N) is 4. The molecule has 0 unspecified atom stereocenters. The van der Waals surface area contributed by atoms with Gasteiger partial charge in [-0.15, -0.1) is 0 Å². The van der Waals surface area contributed by atoms with Gasteiger partial charge in [0.05, 0.1) is 12.3 Å². The van der Waals surface area contributed by atoms with Crippen molar-refractivity contribution in [3.63, 3.8) is 0 Å². The molecule has 0 atom stereocenters. The number of aromatic amines is 1. The van der Waals surface area contributed by atoms with Crippen LogP contribution >= 0.6 is 0 Å². The number of hydrogen-bond donors (Lipinski definition) is 1. The van der Waals surface area contributed by atoms with E-state index in [1.807, 2.05) is 0 Å². The van der Waals surface area contributed by atoms with Crippen LogP contribution in [-0.4, -0.2) is 37.1 Å². The Labute approximate surface area is 137 Å². The molecular weight excluding hydrogens is 310 g/mol. The first-order valence-corrected chi connectivity index (χ1v) is 7.64. The Hall–Kier alpha value is -3.03. The molecule has 0 aliphatic carbocycles. The van der Waals surface area contributed by atoms with Gasteiger partial charge >= 0.3 is 5.97 Å². The molecular formula is C16H17N5O3. The minimum absolute atomic E-state index is 0.142. The Morgan fingerprint density at radius 3 is 2.75 bits per heavy atom. The Morgan fingerprint density at radius 2 is 2.04 bits per heavy atom. The molecule has 1 N–H and O–H groups in total. The van der Waals surface area contributed by atoms with Gasteiger partial charge in [0.2, 0.25) is 0 Å². The van der Waals surface area contributed by atoms with Crippen LogP contribution < -0.4 is 5.56 Å². The standard InChI is InChI=1S/C16H17N5O3/c1-3-24-13(22)5-4-12-10(2)18-16-19-14(20-21(16)15(12)23)11-6-8-17-9-7-11/h6-9H,3-5H2,1-2H3,(H,18,19,20). The molecule has 0 radical (unpaired) electrons. The molecule has 24 heavy (non-hydrogen) atoms. The largest absolute Gasteiger partial charge is 0.466 e. The van der Waals surface area contributed by atoms with Crippen LogP contribution in [0.2, 0.25) is 0 Å². The maximum Gasteiger partial charge on any atom is 0.306 e. The minimum Gasteiger partial charge on any atom is -0.466 e. The molecule has 0 saturated carbocycles. The third kappa shape index (κ3) is 3.03. The first-order valence-electron chi connectivity index (χ1n) is 7.64. The van der Waals surface area contributed by atoms with Gasteiger partial charge in [-0.05, 0) is 32.4 Å². The van der Waals surface area contributed by atoms with Crippen LogP contribution in [0.4, 0.5) is 0 Å². The number of carbonyl (C=O) groups is 1. The van der Waals surface area contributed by atoms with Crippen molar-refractivity contribution in [1.82, 2.24) is 24.6 Å². The average Bonchev–Trinajstić information content (AvgIpc) is 3.00. The summed E-state index contributed by atoms with van der Waals surface area (Å²) < 4.78 is 6.19. The molecule has 0 aliphatic rings. The molecule has 0 spiro atoms. The predicted molar refractivity (Wildman–Crippen MR) is 86.5 cm³/mol. The molecule has 8 heteroatoms. The minimum atomic E-state index is -0.330. The first kappa shape index (κ1) is 15.9. The second-order valence-electron chi connectivity index (χ2n) is 5.23. The van der Waals surface area contributed by atoms with Gasteiger partial charge in [-0.3, -0.25) is 19.7 Å². The molecule has 3 heterocycles. The number of nitrogens with one attached hydrogen (secondary N) is 1. The Morgan fingerprint density at radius 1 is 1.29 bits per heavy atom. The summed E-state index contributed by atoms with van der Waals surface area (Å²) in [7, 11) is 0. The molecule has 0 fully saturated rings. The van der Waals surface area contributed by atoms with Gasteiger partial charge in [0.25, 0.3) is 11.3 Å². The molecule has 3 aromatic rings. The lowest BCUT2D eigenvalue weighted by Gasteiger charge is -2.04. The zero-order valence-electron chi connectivity index (χ0n) is 13.4. The lowest BCUT2D eigenvalue weighted by atomic mass is 10.1. The topological polar surface area (TPSA) is 102 Å². The molecule has 0 bridgehead atoms. The number of hydrogen-bond acceptors (Lipinski definition) is 6. The number of aryl methyl sites for hydroxylation is 1. The van der Waals surface area contributed by atoms with E-state index < -0.39 is 0 Å². The van der Waals surface area contributed by atoms with E-state index in [4.69, 9.17) is 4.74 Å². The van der Waals surface area contributed by atoms with Crippen molar-refractivity contribution in [3.8, 4) is 11.4 Å². The zero-order valence-corrected chi connectivity index (χ0v) is 13.4. The molecule has 3 rings (SSSR count). The highest BCUT2D eigenvalue weighted by Gasteiger charge is 2.15. The van der Waals surface area contributed by atoms with E-state index in [9.17, 15) is 9.59 Å². The van der Waals surface area contributed by atoms with Crippen molar-refractivity contribution in [2.24, 2.45) is 0 Å². The van der Waals surface area contributed by atoms with Crippen molar-refractivity contribution in [2.75, 3.05) is 6.61 Å². The summed E-state index contributed by atoms with van der Waals surface area (Å²) >= 11 is 0. The number of ether oxygens (including phenoxy) is 1. The van der Waals surface area contributed by atoms with E-state index in [-0.39, 0.29) is 24.4 Å². The van der Waals surface area contributed by atoms with Gasteiger partial charge in [0, 0.05) is 29.9 Å². The van der Waals surface area contributed by atoms with Gasteiger partial charge in [0.1, 0.15) is 0 Å². The lowest BCUT2D eigenvalue weighted by molar-refractivity contribution is -0.143. The third-order valence-corrected chi connectivity index (χ3v) is 3.63. The van der Waals surface area contributed by atoms with Gasteiger partial charge < -0.3 is 4.74 Å². The number of fused-ring (bicyclic) bond motifs is 1. The van der Waals surface area contributed by atoms with Crippen LogP contribution in [-0.2, 0) is 16.0 Å². The summed E-state index contributed by atoms with van der Waals surface area (Å²) in [5, 5.41) is 2.95. The number of H-pyrrole nitrogens is 1. The van der Waals surface area contributed by atoms with Crippen LogP contribution in [0.25, 0.3) is 17.2 Å². The number of carbonyl (C=O) groups excluding carboxylic acids is 1. The van der Waals surface area contributed by atoms with E-state index in [2.05, 4.69) is 20.1 Å². The SMILES string of the molecule is CCOC(=O)CCc1c(C)nc2nc(-c3ccncc3)[nH]n2c1=O. The predicted octanol–water partition coefficient (Wildman–Crippen LogP) is 1.28. The third-order valence-electron chi connectivity index (χ3n) is 3.63. The molecule has 0 saturated heterocycles. The lowest BCUT2D eigenvalue weighted by Crippen LogP contribution is -2.23. The fourth-order valence-electron chi connectivity index (χ4n) is 2.44. The van der Waals surface area contributed by atoms with Crippen LogP contribution in [0.1, 0.15) is 24.6 Å². The van der Waals surface area contributed by atoms with E-state index in [1.165, 1.54) is 4.52 Å². The molecule has 8 nitrogen and oxygen atoms in total. The molecule has 0 amide bonds. The highest BCUT2D eigenvalue weighted by atomic mass is 16.5. The Balaban J connectivity index is 1.98. The smallest absolute Gasteiger partial charge is 0.306 e. The summed E-state index contributed by atoms with van der Waals surface area (Å²) in [5.74, 6) is 0.497. The molecule has 0 aromatic carbocycles. The summed E-state index contributed by atoms with van der Waals surface area (Å²) in [5.41, 5.74) is 1.60. The van der Waals surface area contributed by atoms with Crippen LogP contribution in [0, 0.1) is 6.92 Å². The average molecular weight is 327 g/mol. The monoisotopic (exact) mass is 327 g/mol. The van der Waals surface area contributed by atoms with E-state index >= 15 is 0 Å². The van der Waals surface area contributed by atoms with Crippen molar-refractivity contribution >= 4 is 11.7 Å². The fourth-order valence-corrected chi connectivity index (χ4v) is 2.44. The first-order chi connectivity index (χ1) is 11.6. The summed E-state index contributed by atoms with van der Waals surface area (Å²) in [6, 6.07) is 3.58. The highest BCUT2D eigenvalue weighted by Crippen LogP contribution is 2.14. The maximum absolute atomic E-state index is 12.7. The number of rotatable bonds is 5. The number of aromatic nitrogens is 5. The molecule has 124 valence electrons. The van der Waals surface area contributed by atoms with Crippen molar-refractivity contribution in [2.45, 2.75) is 26.7 Å². The Kier molecular flexibility index (Phi) is 4.37. The second-order valence-corrected chi connectivity index (χ2v) is 5.23. The van der Waals surface area contributed by atoms with E-state index in [1.54, 1.807) is 38.4 Å². The van der Waals surface area contributed by atoms with Crippen LogP contribution in [0.3, 0.4) is 0 Å². The van der Waals surface area contributed by atoms with Crippen molar-refractivity contribution < 1.29 is 9.53 Å². The van der Waals surface area contributed by atoms with Gasteiger partial charge in [0.15, 0.2) is 5.82 Å². The molecule has 0 aliphatic heterocycles. The number of esters is 1. The second kappa shape index (κ2) is 6.61. The van der Waals surface area contributed by atoms with Crippen molar-refractivity contribution in [3.05, 3.63) is 46.1 Å². The quantitative estimate of drug-likeness (QED) is 0.708. The highest BCUT2D eigenvalue weighted by molar-refractivity contribution is 5.69. The molecule has 3 aromatic heterocycles. The zero-order chi connectivity index (χ0) is 17.1. The maximum atomic E-state index is 12.7.